The summed E-state index contributed by atoms with van der Waals surface area (Å²) in [7, 11) is -4.63. The van der Waals surface area contributed by atoms with Gasteiger partial charge in [-0.1, -0.05) is 0 Å². The van der Waals surface area contributed by atoms with E-state index in [4.69, 9.17) is 0 Å². The number of amides is 6. The maximum atomic E-state index is 13.4. The van der Waals surface area contributed by atoms with Crippen molar-refractivity contribution in [1.29, 1.82) is 0 Å². The summed E-state index contributed by atoms with van der Waals surface area (Å²) in [6.45, 7) is 0.550. The molecule has 0 bridgehead atoms. The third-order valence-electron chi connectivity index (χ3n) is 10.7. The molecule has 3 fully saturated rings. The topological polar surface area (TPSA) is 226 Å². The molecule has 0 aromatic carbocycles. The van der Waals surface area contributed by atoms with Gasteiger partial charge in [-0.25, -0.2) is 50.9 Å². The number of alkyl halides is 9. The Labute approximate surface area is 439 Å². The highest BCUT2D eigenvalue weighted by molar-refractivity contribution is 7.99. The first-order valence-electron chi connectivity index (χ1n) is 22.0. The van der Waals surface area contributed by atoms with Gasteiger partial charge in [-0.05, 0) is 54.6 Å². The van der Waals surface area contributed by atoms with Crippen LogP contribution in [-0.4, -0.2) is 130 Å². The van der Waals surface area contributed by atoms with Gasteiger partial charge in [0.1, 0.15) is 23.3 Å². The molecule has 0 spiro atoms. The van der Waals surface area contributed by atoms with E-state index in [1.165, 1.54) is 52.2 Å². The summed E-state index contributed by atoms with van der Waals surface area (Å²) >= 11 is 1.52. The fourth-order valence-electron chi connectivity index (χ4n) is 7.07. The SMILES string of the molecule is O=C(Nc1ccc(-c2cncc(F)c2)nc1C(F)(F)F)N1CCS(=O)(=O)C1.O=C(Nc1ccc(-c2cncc(F)c2)nc1C(F)(F)F)N1CCS(=O)C1.O=C(Nc1ccc(-c2cncc(F)c2)nc1C(F)(F)F)N1CCSC1. The minimum atomic E-state index is -4.91. The van der Waals surface area contributed by atoms with E-state index in [1.54, 1.807) is 0 Å². The Hall–Kier alpha value is -7.68. The molecule has 18 nitrogen and oxygen atoms in total. The van der Waals surface area contributed by atoms with Gasteiger partial charge in [0.2, 0.25) is 0 Å². The molecule has 414 valence electrons. The first-order valence-corrected chi connectivity index (χ1v) is 26.5. The Bertz CT molecular complexity index is 3350. The Morgan fingerprint density at radius 2 is 0.923 bits per heavy atom. The minimum absolute atomic E-state index is 0.0315. The van der Waals surface area contributed by atoms with Crippen molar-refractivity contribution in [3.63, 3.8) is 0 Å². The molecule has 78 heavy (non-hydrogen) atoms. The average molecular weight is 1170 g/mol. The van der Waals surface area contributed by atoms with E-state index in [0.717, 1.165) is 71.8 Å². The van der Waals surface area contributed by atoms with Crippen molar-refractivity contribution in [2.45, 2.75) is 18.5 Å². The first-order chi connectivity index (χ1) is 36.6. The van der Waals surface area contributed by atoms with Crippen molar-refractivity contribution < 1.29 is 79.7 Å². The third-order valence-corrected chi connectivity index (χ3v) is 14.5. The van der Waals surface area contributed by atoms with Crippen LogP contribution in [0.1, 0.15) is 17.1 Å². The normalized spacial score (nSPS) is 16.2. The molecule has 9 rings (SSSR count). The van der Waals surface area contributed by atoms with Gasteiger partial charge in [0.15, 0.2) is 26.9 Å². The molecule has 1 atom stereocenters. The van der Waals surface area contributed by atoms with Gasteiger partial charge in [-0.2, -0.15) is 39.5 Å². The zero-order valence-corrected chi connectivity index (χ0v) is 41.7. The molecule has 33 heteroatoms. The highest BCUT2D eigenvalue weighted by atomic mass is 32.2. The van der Waals surface area contributed by atoms with Gasteiger partial charge in [0.25, 0.3) is 0 Å². The molecule has 3 saturated heterocycles. The van der Waals surface area contributed by atoms with Crippen molar-refractivity contribution >= 4 is 67.6 Å². The van der Waals surface area contributed by atoms with Gasteiger partial charge in [-0.3, -0.25) is 19.2 Å². The molecule has 3 N–H and O–H groups in total. The molecule has 0 saturated carbocycles. The number of aromatic nitrogens is 6. The fraction of sp³-hybridized carbons (Fsp3) is 0.267. The number of sulfone groups is 1. The number of halogens is 12. The molecule has 0 aliphatic carbocycles. The number of carbonyl (C=O) groups is 3. The number of nitrogens with one attached hydrogen (secondary N) is 3. The van der Waals surface area contributed by atoms with Gasteiger partial charge in [0.05, 0.1) is 70.2 Å². The lowest BCUT2D eigenvalue weighted by Crippen LogP contribution is -2.34. The van der Waals surface area contributed by atoms with Gasteiger partial charge in [0, 0.05) is 77.2 Å². The number of hydrogen-bond donors (Lipinski definition) is 3. The van der Waals surface area contributed by atoms with Gasteiger partial charge in [-0.15, -0.1) is 11.8 Å². The van der Waals surface area contributed by atoms with Crippen LogP contribution < -0.4 is 16.0 Å². The number of urea groups is 3. The van der Waals surface area contributed by atoms with E-state index in [-0.39, 0.29) is 64.2 Å². The van der Waals surface area contributed by atoms with Crippen LogP contribution in [0, 0.1) is 17.5 Å². The van der Waals surface area contributed by atoms with E-state index in [2.05, 4.69) is 40.5 Å². The van der Waals surface area contributed by atoms with Crippen molar-refractivity contribution in [3.8, 4) is 33.8 Å². The maximum absolute atomic E-state index is 13.4. The number of thioether (sulfide) groups is 1. The van der Waals surface area contributed by atoms with Crippen molar-refractivity contribution in [1.82, 2.24) is 44.6 Å². The highest BCUT2D eigenvalue weighted by Crippen LogP contribution is 2.38. The number of hydrogen-bond acceptors (Lipinski definition) is 13. The zero-order valence-electron chi connectivity index (χ0n) is 39.3. The largest absolute Gasteiger partial charge is 0.435 e. The summed E-state index contributed by atoms with van der Waals surface area (Å²) in [5, 5.41) is 6.44. The standard InChI is InChI=1S/C15H12F4N4O3S.C15H12F4N4O2S.C15H12F4N4OS/c16-10-5-9(6-20-7-10)11-1-2-12(13(21-11)15(17,18)19)22-14(24)23-3-4-27(25,26)8-23;16-10-5-9(6-20-7-10)11-1-2-12(13(21-11)15(17,18)19)22-14(24)23-3-4-26(25)8-23;16-10-5-9(6-20-7-10)11-1-2-12(13(21-11)15(17,18)19)22-14(24)23-3-4-25-8-23/h1-2,5-7H,3-4,8H2,(H,22,24);1-2,5-7H,3-4,8H2,(H,22,24);1-2,5-7H,3-4,8H2,(H,22,24). The van der Waals surface area contributed by atoms with E-state index >= 15 is 0 Å². The monoisotopic (exact) mass is 1160 g/mol. The van der Waals surface area contributed by atoms with Crippen molar-refractivity contribution in [2.24, 2.45) is 0 Å². The molecule has 3 aliphatic rings. The Balaban J connectivity index is 0.000000170. The lowest BCUT2D eigenvalue weighted by Gasteiger charge is -2.18. The molecular formula is C45H36F12N12O6S3. The molecule has 9 heterocycles. The summed E-state index contributed by atoms with van der Waals surface area (Å²) in [6, 6.07) is 7.43. The van der Waals surface area contributed by atoms with Crippen LogP contribution in [0.4, 0.5) is 84.1 Å². The maximum Gasteiger partial charge on any atom is 0.435 e. The number of anilines is 3. The molecule has 6 aromatic rings. The second-order valence-corrected chi connectivity index (χ2v) is 21.2. The zero-order chi connectivity index (χ0) is 56.7. The highest BCUT2D eigenvalue weighted by Gasteiger charge is 2.40. The second kappa shape index (κ2) is 23.9. The minimum Gasteiger partial charge on any atom is -0.314 e. The van der Waals surface area contributed by atoms with Crippen LogP contribution >= 0.6 is 11.8 Å². The lowest BCUT2D eigenvalue weighted by molar-refractivity contribution is -0.141. The van der Waals surface area contributed by atoms with E-state index in [0.29, 0.717) is 12.4 Å². The smallest absolute Gasteiger partial charge is 0.314 e. The van der Waals surface area contributed by atoms with Crippen LogP contribution in [0.5, 0.6) is 0 Å². The lowest BCUT2D eigenvalue weighted by atomic mass is 10.1. The van der Waals surface area contributed by atoms with Crippen molar-refractivity contribution in [3.05, 3.63) is 126 Å². The molecule has 3 aliphatic heterocycles. The molecule has 6 amide bonds. The Morgan fingerprint density at radius 3 is 1.23 bits per heavy atom. The van der Waals surface area contributed by atoms with E-state index in [9.17, 15) is 79.7 Å². The first kappa shape index (κ1) is 58.0. The molecule has 6 aromatic heterocycles. The number of pyridine rings is 6. The average Bonchev–Trinajstić information content (AvgIpc) is 4.18. The third kappa shape index (κ3) is 15.3. The van der Waals surface area contributed by atoms with Crippen LogP contribution in [-0.2, 0) is 39.2 Å². The van der Waals surface area contributed by atoms with E-state index in [1.807, 2.05) is 5.32 Å². The van der Waals surface area contributed by atoms with E-state index < -0.39 is 115 Å². The molecular weight excluding hydrogens is 1130 g/mol. The Morgan fingerprint density at radius 1 is 0.538 bits per heavy atom. The van der Waals surface area contributed by atoms with Crippen LogP contribution in [0.15, 0.2) is 91.8 Å². The summed E-state index contributed by atoms with van der Waals surface area (Å²) in [6.07, 6.45) is -8.22. The number of carbonyl (C=O) groups excluding carboxylic acids is 3. The summed E-state index contributed by atoms with van der Waals surface area (Å²) in [4.78, 5) is 61.0. The van der Waals surface area contributed by atoms with Crippen LogP contribution in [0.3, 0.4) is 0 Å². The molecule has 1 unspecified atom stereocenters. The summed E-state index contributed by atoms with van der Waals surface area (Å²) in [5.41, 5.74) is -5.75. The van der Waals surface area contributed by atoms with Crippen LogP contribution in [0.25, 0.3) is 33.8 Å². The molecule has 0 radical (unpaired) electrons. The van der Waals surface area contributed by atoms with Crippen LogP contribution in [0.2, 0.25) is 0 Å². The quantitative estimate of drug-likeness (QED) is 0.132. The van der Waals surface area contributed by atoms with Crippen molar-refractivity contribution in [2.75, 3.05) is 70.5 Å². The fourth-order valence-corrected chi connectivity index (χ4v) is 10.5. The van der Waals surface area contributed by atoms with Gasteiger partial charge < -0.3 is 30.7 Å². The number of rotatable bonds is 6. The van der Waals surface area contributed by atoms with Gasteiger partial charge >= 0.3 is 36.6 Å². The Kier molecular flexibility index (Phi) is 17.8. The summed E-state index contributed by atoms with van der Waals surface area (Å²) < 4.78 is 194. The number of nitrogens with zero attached hydrogens (tertiary/aromatic N) is 9. The predicted octanol–water partition coefficient (Wildman–Crippen LogP) is 9.22. The summed E-state index contributed by atoms with van der Waals surface area (Å²) in [5.74, 6) is -1.55. The predicted molar refractivity (Wildman–Crippen MR) is 258 cm³/mol. The second-order valence-electron chi connectivity index (χ2n) is 16.4.